The summed E-state index contributed by atoms with van der Waals surface area (Å²) in [6.45, 7) is 0.854. The van der Waals surface area contributed by atoms with Crippen molar-refractivity contribution in [2.45, 2.75) is 31.7 Å². The van der Waals surface area contributed by atoms with Gasteiger partial charge in [0.15, 0.2) is 0 Å². The second kappa shape index (κ2) is 5.77. The summed E-state index contributed by atoms with van der Waals surface area (Å²) in [6, 6.07) is 0. The lowest BCUT2D eigenvalue weighted by atomic mass is 10.1. The van der Waals surface area contributed by atoms with Crippen molar-refractivity contribution in [3.05, 3.63) is 0 Å². The molecule has 86 valence electrons. The van der Waals surface area contributed by atoms with E-state index in [9.17, 15) is 4.57 Å². The predicted octanol–water partition coefficient (Wildman–Crippen LogP) is -1.41. The lowest BCUT2D eigenvalue weighted by Gasteiger charge is -2.21. The molecule has 0 aromatic carbocycles. The topological polar surface area (TPSA) is 127 Å². The van der Waals surface area contributed by atoms with Crippen molar-refractivity contribution in [3.8, 4) is 0 Å². The van der Waals surface area contributed by atoms with Gasteiger partial charge in [-0.2, -0.15) is 0 Å². The highest BCUT2D eigenvalue weighted by Gasteiger charge is 2.26. The summed E-state index contributed by atoms with van der Waals surface area (Å²) >= 11 is 0. The number of rotatable bonds is 6. The normalized spacial score (nSPS) is 19.0. The maximum atomic E-state index is 10.2. The molecule has 0 aromatic heterocycles. The third-order valence-corrected chi connectivity index (χ3v) is 2.11. The van der Waals surface area contributed by atoms with E-state index in [1.54, 1.807) is 6.92 Å². The SMILES string of the molecule is CCC(O)[C@H](O)[C@H](O)COP(=O)(O)O. The van der Waals surface area contributed by atoms with Gasteiger partial charge in [-0.15, -0.1) is 0 Å². The summed E-state index contributed by atoms with van der Waals surface area (Å²) in [7, 11) is -4.65. The fourth-order valence-corrected chi connectivity index (χ4v) is 1.12. The first-order chi connectivity index (χ1) is 6.28. The van der Waals surface area contributed by atoms with Crippen LogP contribution in [0.1, 0.15) is 13.3 Å². The standard InChI is InChI=1S/C6H15O7P/c1-2-4(7)6(9)5(8)3-13-14(10,11)12/h4-9H,2-3H2,1H3,(H2,10,11,12)/t4?,5-,6+/m1/s1. The highest BCUT2D eigenvalue weighted by atomic mass is 31.2. The van der Waals surface area contributed by atoms with E-state index in [1.807, 2.05) is 0 Å². The highest BCUT2D eigenvalue weighted by molar-refractivity contribution is 7.46. The number of aliphatic hydroxyl groups is 3. The molecule has 0 spiro atoms. The average Bonchev–Trinajstić information content (AvgIpc) is 2.10. The van der Waals surface area contributed by atoms with Gasteiger partial charge in [-0.3, -0.25) is 4.52 Å². The lowest BCUT2D eigenvalue weighted by Crippen LogP contribution is -2.39. The van der Waals surface area contributed by atoms with Crippen molar-refractivity contribution in [1.29, 1.82) is 0 Å². The number of hydrogen-bond acceptors (Lipinski definition) is 5. The third-order valence-electron chi connectivity index (χ3n) is 1.62. The molecule has 0 radical (unpaired) electrons. The molecule has 8 heteroatoms. The third kappa shape index (κ3) is 5.66. The van der Waals surface area contributed by atoms with Crippen LogP contribution in [0.25, 0.3) is 0 Å². The molecule has 0 fully saturated rings. The number of phosphoric ester groups is 1. The van der Waals surface area contributed by atoms with E-state index in [4.69, 9.17) is 25.1 Å². The molecule has 3 atom stereocenters. The highest BCUT2D eigenvalue weighted by Crippen LogP contribution is 2.35. The number of phosphoric acid groups is 1. The maximum Gasteiger partial charge on any atom is 0.469 e. The summed E-state index contributed by atoms with van der Waals surface area (Å²) in [5, 5.41) is 27.3. The van der Waals surface area contributed by atoms with Gasteiger partial charge >= 0.3 is 7.82 Å². The summed E-state index contributed by atoms with van der Waals surface area (Å²) in [5.41, 5.74) is 0. The molecule has 0 aliphatic carbocycles. The van der Waals surface area contributed by atoms with Crippen LogP contribution in [-0.2, 0) is 9.09 Å². The fourth-order valence-electron chi connectivity index (χ4n) is 0.770. The molecule has 0 saturated heterocycles. The van der Waals surface area contributed by atoms with E-state index < -0.39 is 32.7 Å². The van der Waals surface area contributed by atoms with Crippen LogP contribution in [0.3, 0.4) is 0 Å². The van der Waals surface area contributed by atoms with Gasteiger partial charge in [0.05, 0.1) is 12.7 Å². The second-order valence-electron chi connectivity index (χ2n) is 2.82. The molecule has 7 nitrogen and oxygen atoms in total. The van der Waals surface area contributed by atoms with Crippen molar-refractivity contribution in [2.75, 3.05) is 6.61 Å². The molecule has 0 heterocycles. The van der Waals surface area contributed by atoms with Crippen LogP contribution in [-0.4, -0.2) is 50.0 Å². The van der Waals surface area contributed by atoms with Gasteiger partial charge in [-0.05, 0) is 6.42 Å². The van der Waals surface area contributed by atoms with Gasteiger partial charge in [0.2, 0.25) is 0 Å². The maximum absolute atomic E-state index is 10.2. The quantitative estimate of drug-likeness (QED) is 0.354. The first kappa shape index (κ1) is 14.0. The van der Waals surface area contributed by atoms with Gasteiger partial charge in [0.25, 0.3) is 0 Å². The molecule has 0 bridgehead atoms. The molecule has 0 saturated carbocycles. The zero-order valence-electron chi connectivity index (χ0n) is 7.65. The Balaban J connectivity index is 3.96. The van der Waals surface area contributed by atoms with Crippen LogP contribution in [0.4, 0.5) is 0 Å². The Kier molecular flexibility index (Phi) is 5.77. The fraction of sp³-hybridized carbons (Fsp3) is 1.00. The Bertz CT molecular complexity index is 202. The molecule has 0 aliphatic heterocycles. The number of hydrogen-bond donors (Lipinski definition) is 5. The molecule has 5 N–H and O–H groups in total. The van der Waals surface area contributed by atoms with E-state index >= 15 is 0 Å². The van der Waals surface area contributed by atoms with Gasteiger partial charge in [0, 0.05) is 0 Å². The summed E-state index contributed by atoms with van der Waals surface area (Å²) in [6.07, 6.45) is -3.94. The van der Waals surface area contributed by atoms with Crippen LogP contribution < -0.4 is 0 Å². The second-order valence-corrected chi connectivity index (χ2v) is 4.06. The van der Waals surface area contributed by atoms with Gasteiger partial charge in [0.1, 0.15) is 12.2 Å². The van der Waals surface area contributed by atoms with Crippen LogP contribution in [0.15, 0.2) is 0 Å². The van der Waals surface area contributed by atoms with Crippen LogP contribution in [0.5, 0.6) is 0 Å². The van der Waals surface area contributed by atoms with E-state index in [-0.39, 0.29) is 6.42 Å². The van der Waals surface area contributed by atoms with Crippen molar-refractivity contribution < 1.29 is 34.2 Å². The smallest absolute Gasteiger partial charge is 0.390 e. The largest absolute Gasteiger partial charge is 0.469 e. The van der Waals surface area contributed by atoms with E-state index in [0.717, 1.165) is 0 Å². The Hall–Kier alpha value is -0.0100. The Morgan fingerprint density at radius 3 is 2.07 bits per heavy atom. The van der Waals surface area contributed by atoms with Crippen LogP contribution >= 0.6 is 7.82 Å². The molecule has 0 aromatic rings. The zero-order valence-corrected chi connectivity index (χ0v) is 8.54. The molecular weight excluding hydrogens is 215 g/mol. The molecule has 0 rings (SSSR count). The Morgan fingerprint density at radius 1 is 1.21 bits per heavy atom. The first-order valence-corrected chi connectivity index (χ1v) is 5.55. The van der Waals surface area contributed by atoms with Crippen LogP contribution in [0, 0.1) is 0 Å². The lowest BCUT2D eigenvalue weighted by molar-refractivity contribution is -0.0757. The van der Waals surface area contributed by atoms with Crippen LogP contribution in [0.2, 0.25) is 0 Å². The van der Waals surface area contributed by atoms with Crippen molar-refractivity contribution in [3.63, 3.8) is 0 Å². The molecule has 0 aliphatic rings. The molecule has 0 amide bonds. The minimum atomic E-state index is -4.65. The van der Waals surface area contributed by atoms with Gasteiger partial charge in [-0.1, -0.05) is 6.92 Å². The van der Waals surface area contributed by atoms with E-state index in [1.165, 1.54) is 0 Å². The summed E-state index contributed by atoms with van der Waals surface area (Å²) in [4.78, 5) is 16.6. The van der Waals surface area contributed by atoms with Gasteiger partial charge in [-0.25, -0.2) is 4.57 Å². The monoisotopic (exact) mass is 230 g/mol. The Morgan fingerprint density at radius 2 is 1.71 bits per heavy atom. The summed E-state index contributed by atoms with van der Waals surface area (Å²) in [5.74, 6) is 0. The minimum Gasteiger partial charge on any atom is -0.390 e. The predicted molar refractivity (Wildman–Crippen MR) is 46.3 cm³/mol. The average molecular weight is 230 g/mol. The van der Waals surface area contributed by atoms with E-state index in [2.05, 4.69) is 4.52 Å². The van der Waals surface area contributed by atoms with Crippen molar-refractivity contribution in [2.24, 2.45) is 0 Å². The van der Waals surface area contributed by atoms with Crippen molar-refractivity contribution >= 4 is 7.82 Å². The zero-order chi connectivity index (χ0) is 11.4. The molecular formula is C6H15O7P. The summed E-state index contributed by atoms with van der Waals surface area (Å²) < 4.78 is 14.2. The van der Waals surface area contributed by atoms with Gasteiger partial charge < -0.3 is 25.1 Å². The Labute approximate surface area is 81.2 Å². The number of aliphatic hydroxyl groups excluding tert-OH is 3. The first-order valence-electron chi connectivity index (χ1n) is 4.02. The van der Waals surface area contributed by atoms with E-state index in [0.29, 0.717) is 0 Å². The van der Waals surface area contributed by atoms with Crippen molar-refractivity contribution in [1.82, 2.24) is 0 Å². The molecule has 1 unspecified atom stereocenters. The molecule has 14 heavy (non-hydrogen) atoms. The minimum absolute atomic E-state index is 0.216.